The van der Waals surface area contributed by atoms with Crippen molar-refractivity contribution in [2.75, 3.05) is 46.7 Å². The number of urea groups is 1. The summed E-state index contributed by atoms with van der Waals surface area (Å²) < 4.78 is 17.7. The van der Waals surface area contributed by atoms with Crippen LogP contribution >= 0.6 is 0 Å². The molecule has 28 heteroatoms. The number of benzene rings is 2. The third-order valence-corrected chi connectivity index (χ3v) is 18.5. The number of carbonyl (C=O) groups excluding carboxylic acids is 12. The minimum absolute atomic E-state index is 0.00454. The minimum atomic E-state index is -1.20. The van der Waals surface area contributed by atoms with Crippen LogP contribution in [0.25, 0.3) is 0 Å². The summed E-state index contributed by atoms with van der Waals surface area (Å²) in [5, 5.41) is 24.3. The van der Waals surface area contributed by atoms with E-state index in [1.54, 1.807) is 109 Å². The molecule has 2 fully saturated rings. The van der Waals surface area contributed by atoms with Gasteiger partial charge in [-0.1, -0.05) is 124 Å². The molecular formula is C71H108N10O18. The summed E-state index contributed by atoms with van der Waals surface area (Å²) in [6.07, 6.45) is 1.56. The summed E-state index contributed by atoms with van der Waals surface area (Å²) in [6.45, 7) is 16.4. The number of hydrogen-bond donors (Lipinski definition) is 7. The number of likely N-dealkylation sites (tertiary alicyclic amines) is 1. The van der Waals surface area contributed by atoms with Crippen LogP contribution in [0.5, 0.6) is 0 Å². The van der Waals surface area contributed by atoms with Crippen molar-refractivity contribution in [1.29, 1.82) is 0 Å². The molecule has 11 amide bonds. The Morgan fingerprint density at radius 2 is 1.32 bits per heavy atom. The largest absolute Gasteiger partial charge is 0.480 e. The maximum Gasteiger partial charge on any atom is 0.410 e. The zero-order valence-corrected chi connectivity index (χ0v) is 60.0. The molecule has 2 aromatic carbocycles. The van der Waals surface area contributed by atoms with Crippen LogP contribution in [0.1, 0.15) is 170 Å². The first-order chi connectivity index (χ1) is 46.8. The van der Waals surface area contributed by atoms with E-state index in [1.807, 2.05) is 19.9 Å². The predicted molar refractivity (Wildman–Crippen MR) is 366 cm³/mol. The average molecular weight is 1390 g/mol. The van der Waals surface area contributed by atoms with Crippen molar-refractivity contribution in [3.05, 3.63) is 65.7 Å². The monoisotopic (exact) mass is 1390 g/mol. The van der Waals surface area contributed by atoms with Gasteiger partial charge in [0.2, 0.25) is 35.4 Å². The van der Waals surface area contributed by atoms with Crippen LogP contribution in [0.3, 0.4) is 0 Å². The number of hydrogen-bond acceptors (Lipinski definition) is 17. The molecule has 0 radical (unpaired) electrons. The molecule has 28 nitrogen and oxygen atoms in total. The Hall–Kier alpha value is -8.53. The number of carbonyl (C=O) groups is 13. The number of carboxylic acids is 1. The molecule has 0 spiro atoms. The molecule has 2 aliphatic heterocycles. The maximum absolute atomic E-state index is 14.8. The Bertz CT molecular complexity index is 3040. The Kier molecular flexibility index (Phi) is 34.4. The quantitative estimate of drug-likeness (QED) is 0.0287. The van der Waals surface area contributed by atoms with E-state index < -0.39 is 132 Å². The Balaban J connectivity index is 1.36. The van der Waals surface area contributed by atoms with Gasteiger partial charge in [-0.2, -0.15) is 0 Å². The normalized spacial score (nSPS) is 16.9. The average Bonchev–Trinajstić information content (AvgIpc) is 1.78. The summed E-state index contributed by atoms with van der Waals surface area (Å²) >= 11 is 0. The van der Waals surface area contributed by atoms with E-state index in [2.05, 4.69) is 26.6 Å². The number of imide groups is 1. The van der Waals surface area contributed by atoms with Gasteiger partial charge >= 0.3 is 24.1 Å². The first-order valence-electron chi connectivity index (χ1n) is 34.6. The summed E-state index contributed by atoms with van der Waals surface area (Å²) in [7, 11) is 5.96. The lowest BCUT2D eigenvalue weighted by molar-refractivity contribution is -0.197. The molecule has 4 rings (SSSR count). The highest BCUT2D eigenvalue weighted by atomic mass is 16.7. The second-order valence-corrected chi connectivity index (χ2v) is 27.0. The van der Waals surface area contributed by atoms with Gasteiger partial charge in [0.1, 0.15) is 24.7 Å². The molecule has 2 saturated heterocycles. The Morgan fingerprint density at radius 3 is 1.89 bits per heavy atom. The zero-order chi connectivity index (χ0) is 73.8. The summed E-state index contributed by atoms with van der Waals surface area (Å²) in [5.74, 6) is -9.30. The van der Waals surface area contributed by atoms with Crippen LogP contribution < -0.4 is 32.3 Å². The van der Waals surface area contributed by atoms with Crippen molar-refractivity contribution >= 4 is 82.8 Å². The highest BCUT2D eigenvalue weighted by Gasteiger charge is 2.44. The van der Waals surface area contributed by atoms with E-state index in [1.165, 1.54) is 26.2 Å². The molecule has 99 heavy (non-hydrogen) atoms. The maximum atomic E-state index is 14.8. The standard InChI is InChI=1S/C71H108N10O18/c1-14-45(8)63(54(96-12)40-58(86)80-37-23-27-52(80)64(97-13)46(9)65(88)75-51(69(92)93)38-47-24-18-17-19-25-47)78(10)68(91)61(43(4)5)77-67(90)62(44(6)7)79(11)71(95)98-41-48-30-32-50(33-31-48)74-66(89)49(26-22-36-73-70(72)94)39-53(82)60(42(2)3)76-55(83)28-20-15-16-21-29-59(87)99-81-56(84)34-35-57(81)85/h17-19,24-25,30-33,42-46,49,51-52,54,60-64H,14-16,20-23,26-29,34-41H2,1-13H3,(H,74,89)(H,75,88)(H,76,83)(H,77,90)(H,92,93)(H3,72,73,94)/t45-,46+,49+,51-,52-,54+,60-,61-,62-,63-,64+/m0/s1. The first kappa shape index (κ1) is 82.9. The molecule has 2 aromatic rings. The van der Waals surface area contributed by atoms with Gasteiger partial charge < -0.3 is 66.3 Å². The number of primary amides is 1. The van der Waals surface area contributed by atoms with Gasteiger partial charge in [0, 0.05) is 91.5 Å². The van der Waals surface area contributed by atoms with Gasteiger partial charge in [-0.15, -0.1) is 5.06 Å². The number of unbranched alkanes of at least 4 members (excludes halogenated alkanes) is 3. The fourth-order valence-electron chi connectivity index (χ4n) is 12.7. The molecule has 2 aliphatic rings. The molecule has 0 saturated carbocycles. The summed E-state index contributed by atoms with van der Waals surface area (Å²) in [6, 6.07) is 9.14. The second kappa shape index (κ2) is 41.1. The van der Waals surface area contributed by atoms with Gasteiger partial charge in [0.15, 0.2) is 5.78 Å². The van der Waals surface area contributed by atoms with Crippen molar-refractivity contribution in [2.45, 2.75) is 220 Å². The number of anilines is 1. The molecular weight excluding hydrogens is 1280 g/mol. The van der Waals surface area contributed by atoms with E-state index in [0.29, 0.717) is 74.2 Å². The Labute approximate surface area is 581 Å². The number of carboxylic acid groups (broad SMARTS) is 1. The number of hydroxylamine groups is 2. The number of Topliss-reactive ketones (excluding diaryl/α,β-unsaturated/α-hetero) is 1. The number of nitrogens with one attached hydrogen (secondary N) is 5. The van der Waals surface area contributed by atoms with Crippen LogP contribution in [0.4, 0.5) is 15.3 Å². The van der Waals surface area contributed by atoms with E-state index in [4.69, 9.17) is 24.8 Å². The van der Waals surface area contributed by atoms with Gasteiger partial charge in [-0.25, -0.2) is 19.2 Å². The number of amides is 11. The third kappa shape index (κ3) is 25.6. The smallest absolute Gasteiger partial charge is 0.410 e. The fourth-order valence-corrected chi connectivity index (χ4v) is 12.7. The van der Waals surface area contributed by atoms with Crippen LogP contribution in [-0.4, -0.2) is 192 Å². The molecule has 11 atom stereocenters. The number of nitrogens with zero attached hydrogens (tertiary/aromatic N) is 4. The van der Waals surface area contributed by atoms with Crippen LogP contribution in [0.15, 0.2) is 54.6 Å². The van der Waals surface area contributed by atoms with Crippen molar-refractivity contribution in [3.63, 3.8) is 0 Å². The minimum Gasteiger partial charge on any atom is -0.480 e. The van der Waals surface area contributed by atoms with Crippen molar-refractivity contribution in [2.24, 2.45) is 41.2 Å². The van der Waals surface area contributed by atoms with Gasteiger partial charge in [0.05, 0.1) is 42.7 Å². The van der Waals surface area contributed by atoms with Crippen LogP contribution in [0.2, 0.25) is 0 Å². The van der Waals surface area contributed by atoms with Crippen LogP contribution in [0, 0.1) is 35.5 Å². The van der Waals surface area contributed by atoms with Crippen molar-refractivity contribution in [1.82, 2.24) is 41.0 Å². The lowest BCUT2D eigenvalue weighted by atomic mass is 9.89. The molecule has 8 N–H and O–H groups in total. The van der Waals surface area contributed by atoms with Crippen molar-refractivity contribution < 1.29 is 86.5 Å². The highest BCUT2D eigenvalue weighted by Crippen LogP contribution is 2.31. The lowest BCUT2D eigenvalue weighted by Crippen LogP contribution is -2.60. The first-order valence-corrected chi connectivity index (χ1v) is 34.6. The number of aliphatic carboxylic acids is 1. The SMILES string of the molecule is CC[C@H](C)[C@@H]([C@@H](CC(=O)N1CCC[C@H]1[C@H](OC)[C@@H](C)C(=O)N[C@@H](Cc1ccccc1)C(=O)O)OC)N(C)C(=O)[C@@H](NC(=O)[C@H](C(C)C)N(C)C(=O)OCc1ccc(NC(=O)[C@H](CCCNC(N)=O)CC(=O)[C@@H](NC(=O)CCCCCCC(=O)ON2C(=O)CCC2=O)C(C)C)cc1)C(C)C. The Morgan fingerprint density at radius 1 is 0.697 bits per heavy atom. The molecule has 0 unspecified atom stereocenters. The van der Waals surface area contributed by atoms with Crippen molar-refractivity contribution in [3.8, 4) is 0 Å². The number of ketones is 1. The van der Waals surface area contributed by atoms with Crippen LogP contribution in [-0.2, 0) is 84.8 Å². The fraction of sp³-hybridized carbons (Fsp3) is 0.648. The van der Waals surface area contributed by atoms with E-state index in [9.17, 15) is 67.4 Å². The predicted octanol–water partition coefficient (Wildman–Crippen LogP) is 6.20. The zero-order valence-electron chi connectivity index (χ0n) is 60.0. The van der Waals surface area contributed by atoms with E-state index in [0.717, 1.165) is 10.5 Å². The van der Waals surface area contributed by atoms with E-state index in [-0.39, 0.29) is 94.0 Å². The van der Waals surface area contributed by atoms with Gasteiger partial charge in [0.25, 0.3) is 11.8 Å². The highest BCUT2D eigenvalue weighted by molar-refractivity contribution is 6.02. The second-order valence-electron chi connectivity index (χ2n) is 27.0. The molecule has 0 aliphatic carbocycles. The molecule has 550 valence electrons. The molecule has 2 heterocycles. The number of rotatable bonds is 42. The molecule has 0 aromatic heterocycles. The van der Waals surface area contributed by atoms with Gasteiger partial charge in [-0.05, 0) is 85.5 Å². The number of ether oxygens (including phenoxy) is 3. The summed E-state index contributed by atoms with van der Waals surface area (Å²) in [4.78, 5) is 181. The molecule has 0 bridgehead atoms. The number of nitrogens with two attached hydrogens (primary N) is 1. The topological polar surface area (TPSA) is 378 Å². The summed E-state index contributed by atoms with van der Waals surface area (Å²) in [5.41, 5.74) is 6.88. The number of methoxy groups -OCH3 is 2. The number of likely N-dealkylation sites (N-methyl/N-ethyl adjacent to an activating group) is 2. The third-order valence-electron chi connectivity index (χ3n) is 18.5. The van der Waals surface area contributed by atoms with E-state index >= 15 is 0 Å². The lowest BCUT2D eigenvalue weighted by Gasteiger charge is -2.41. The van der Waals surface area contributed by atoms with Gasteiger partial charge in [-0.3, -0.25) is 48.1 Å².